The molecule has 0 saturated carbocycles. The Balaban J connectivity index is 2.24. The Morgan fingerprint density at radius 3 is 2.12 bits per heavy atom. The van der Waals surface area contributed by atoms with Crippen LogP contribution in [0.3, 0.4) is 0 Å². The van der Waals surface area contributed by atoms with Gasteiger partial charge in [0.15, 0.2) is 0 Å². The van der Waals surface area contributed by atoms with Crippen molar-refractivity contribution in [3.63, 3.8) is 0 Å². The number of carboxylic acid groups (broad SMARTS) is 1. The molecule has 0 aliphatic heterocycles. The molecule has 2 rings (SSSR count). The average Bonchev–Trinajstić information content (AvgIpc) is 2.59. The summed E-state index contributed by atoms with van der Waals surface area (Å²) in [6.45, 7) is 5.88. The molecule has 0 saturated heterocycles. The molecule has 0 aliphatic carbocycles. The highest BCUT2D eigenvalue weighted by Crippen LogP contribution is 2.21. The Morgan fingerprint density at radius 1 is 1.00 bits per heavy atom. The maximum Gasteiger partial charge on any atom is 0.310 e. The quantitative estimate of drug-likeness (QED) is 0.840. The van der Waals surface area contributed by atoms with E-state index in [0.29, 0.717) is 5.92 Å². The maximum atomic E-state index is 11.0. The fraction of sp³-hybridized carbons (Fsp3) is 0.286. The molecule has 24 heavy (non-hydrogen) atoms. The summed E-state index contributed by atoms with van der Waals surface area (Å²) in [7, 11) is 0. The molecule has 0 fully saturated rings. The van der Waals surface area contributed by atoms with Gasteiger partial charge >= 0.3 is 5.97 Å². The third kappa shape index (κ3) is 4.24. The smallest absolute Gasteiger partial charge is 0.310 e. The monoisotopic (exact) mass is 322 g/mol. The van der Waals surface area contributed by atoms with E-state index in [1.165, 1.54) is 0 Å². The van der Waals surface area contributed by atoms with E-state index in [4.69, 9.17) is 5.11 Å². The first kappa shape index (κ1) is 17.8. The van der Waals surface area contributed by atoms with Crippen LogP contribution in [0.15, 0.2) is 42.5 Å². The minimum absolute atomic E-state index is 0.0322. The van der Waals surface area contributed by atoms with E-state index in [2.05, 4.69) is 25.7 Å². The second kappa shape index (κ2) is 7.81. The molecule has 2 N–H and O–H groups in total. The molecule has 124 valence electrons. The van der Waals surface area contributed by atoms with E-state index < -0.39 is 11.9 Å². The van der Waals surface area contributed by atoms with Crippen molar-refractivity contribution < 1.29 is 15.0 Å². The summed E-state index contributed by atoms with van der Waals surface area (Å²) in [5, 5.41) is 18.4. The van der Waals surface area contributed by atoms with Crippen LogP contribution in [-0.2, 0) is 11.4 Å². The van der Waals surface area contributed by atoms with Crippen molar-refractivity contribution in [2.24, 2.45) is 0 Å². The third-order valence-corrected chi connectivity index (χ3v) is 4.07. The molecule has 3 heteroatoms. The van der Waals surface area contributed by atoms with E-state index in [9.17, 15) is 9.90 Å². The number of aliphatic hydroxyl groups is 1. The first-order valence-electron chi connectivity index (χ1n) is 8.00. The Labute approximate surface area is 143 Å². The zero-order valence-corrected chi connectivity index (χ0v) is 14.2. The van der Waals surface area contributed by atoms with Crippen molar-refractivity contribution in [1.29, 1.82) is 0 Å². The Bertz CT molecular complexity index is 777. The SMILES string of the molecule is CC(C)c1cc(C#Cc2ccc(C(C)C(=O)O)cc2)ccc1CO. The summed E-state index contributed by atoms with van der Waals surface area (Å²) >= 11 is 0. The van der Waals surface area contributed by atoms with Crippen molar-refractivity contribution in [2.45, 2.75) is 39.2 Å². The van der Waals surface area contributed by atoms with Crippen LogP contribution >= 0.6 is 0 Å². The van der Waals surface area contributed by atoms with Crippen LogP contribution in [0.25, 0.3) is 0 Å². The van der Waals surface area contributed by atoms with E-state index in [0.717, 1.165) is 27.8 Å². The third-order valence-electron chi connectivity index (χ3n) is 4.07. The number of aliphatic carboxylic acids is 1. The normalized spacial score (nSPS) is 11.7. The number of rotatable bonds is 4. The highest BCUT2D eigenvalue weighted by Gasteiger charge is 2.12. The van der Waals surface area contributed by atoms with Gasteiger partial charge in [0.1, 0.15) is 0 Å². The molecule has 0 aromatic heterocycles. The highest BCUT2D eigenvalue weighted by molar-refractivity contribution is 5.75. The first-order valence-corrected chi connectivity index (χ1v) is 8.00. The van der Waals surface area contributed by atoms with Crippen molar-refractivity contribution in [3.8, 4) is 11.8 Å². The van der Waals surface area contributed by atoms with E-state index in [1.54, 1.807) is 19.1 Å². The Morgan fingerprint density at radius 2 is 1.58 bits per heavy atom. The van der Waals surface area contributed by atoms with Gasteiger partial charge < -0.3 is 10.2 Å². The molecule has 3 nitrogen and oxygen atoms in total. The predicted octanol–water partition coefficient (Wildman–Crippen LogP) is 3.89. The van der Waals surface area contributed by atoms with Crippen LogP contribution in [0, 0.1) is 11.8 Å². The number of benzene rings is 2. The molecule has 0 aliphatic rings. The fourth-order valence-electron chi connectivity index (χ4n) is 2.50. The molecule has 1 unspecified atom stereocenters. The summed E-state index contributed by atoms with van der Waals surface area (Å²) < 4.78 is 0. The van der Waals surface area contributed by atoms with E-state index in [-0.39, 0.29) is 6.61 Å². The summed E-state index contributed by atoms with van der Waals surface area (Å²) in [4.78, 5) is 11.0. The number of hydrogen-bond donors (Lipinski definition) is 2. The van der Waals surface area contributed by atoms with Gasteiger partial charge in [0.25, 0.3) is 0 Å². The largest absolute Gasteiger partial charge is 0.481 e. The van der Waals surface area contributed by atoms with Crippen molar-refractivity contribution in [3.05, 3.63) is 70.3 Å². The second-order valence-corrected chi connectivity index (χ2v) is 6.16. The van der Waals surface area contributed by atoms with Crippen LogP contribution in [0.5, 0.6) is 0 Å². The van der Waals surface area contributed by atoms with Crippen LogP contribution in [0.2, 0.25) is 0 Å². The van der Waals surface area contributed by atoms with Gasteiger partial charge in [0, 0.05) is 11.1 Å². The van der Waals surface area contributed by atoms with Gasteiger partial charge in [0.2, 0.25) is 0 Å². The Hall–Kier alpha value is -2.57. The second-order valence-electron chi connectivity index (χ2n) is 6.16. The van der Waals surface area contributed by atoms with Gasteiger partial charge in [0.05, 0.1) is 12.5 Å². The molecule has 0 heterocycles. The molecule has 1 atom stereocenters. The Kier molecular flexibility index (Phi) is 5.78. The van der Waals surface area contributed by atoms with Crippen LogP contribution in [0.1, 0.15) is 60.4 Å². The number of carboxylic acids is 1. The molecule has 0 amide bonds. The van der Waals surface area contributed by atoms with Crippen LogP contribution in [-0.4, -0.2) is 16.2 Å². The molecule has 0 spiro atoms. The zero-order valence-electron chi connectivity index (χ0n) is 14.2. The summed E-state index contributed by atoms with van der Waals surface area (Å²) in [5.41, 5.74) is 4.55. The molecule has 0 radical (unpaired) electrons. The van der Waals surface area contributed by atoms with Gasteiger partial charge in [-0.3, -0.25) is 4.79 Å². The molecular formula is C21H22O3. The van der Waals surface area contributed by atoms with Crippen molar-refractivity contribution >= 4 is 5.97 Å². The minimum atomic E-state index is -0.834. The summed E-state index contributed by atoms with van der Waals surface area (Å²) in [5.74, 6) is 5.20. The van der Waals surface area contributed by atoms with Crippen molar-refractivity contribution in [1.82, 2.24) is 0 Å². The number of hydrogen-bond acceptors (Lipinski definition) is 2. The number of carbonyl (C=O) groups is 1. The lowest BCUT2D eigenvalue weighted by atomic mass is 9.95. The van der Waals surface area contributed by atoms with Crippen LogP contribution in [0.4, 0.5) is 0 Å². The highest BCUT2D eigenvalue weighted by atomic mass is 16.4. The average molecular weight is 322 g/mol. The maximum absolute atomic E-state index is 11.0. The molecule has 2 aromatic carbocycles. The van der Waals surface area contributed by atoms with Gasteiger partial charge in [-0.15, -0.1) is 0 Å². The van der Waals surface area contributed by atoms with Crippen LogP contribution < -0.4 is 0 Å². The van der Waals surface area contributed by atoms with Gasteiger partial charge in [-0.05, 0) is 53.8 Å². The van der Waals surface area contributed by atoms with Gasteiger partial charge in [-0.25, -0.2) is 0 Å². The minimum Gasteiger partial charge on any atom is -0.481 e. The van der Waals surface area contributed by atoms with Crippen molar-refractivity contribution in [2.75, 3.05) is 0 Å². The van der Waals surface area contributed by atoms with Gasteiger partial charge in [-0.2, -0.15) is 0 Å². The lowest BCUT2D eigenvalue weighted by Crippen LogP contribution is -2.06. The molecule has 0 bridgehead atoms. The fourth-order valence-corrected chi connectivity index (χ4v) is 2.50. The molecule has 2 aromatic rings. The topological polar surface area (TPSA) is 57.5 Å². The lowest BCUT2D eigenvalue weighted by Gasteiger charge is -2.11. The van der Waals surface area contributed by atoms with E-state index in [1.807, 2.05) is 30.3 Å². The summed E-state index contributed by atoms with van der Waals surface area (Å²) in [6.07, 6.45) is 0. The zero-order chi connectivity index (χ0) is 17.7. The van der Waals surface area contributed by atoms with E-state index >= 15 is 0 Å². The number of aliphatic hydroxyl groups excluding tert-OH is 1. The predicted molar refractivity (Wildman–Crippen MR) is 94.9 cm³/mol. The van der Waals surface area contributed by atoms with Gasteiger partial charge in [-0.1, -0.05) is 43.9 Å². The lowest BCUT2D eigenvalue weighted by molar-refractivity contribution is -0.138. The first-order chi connectivity index (χ1) is 11.4. The summed E-state index contributed by atoms with van der Waals surface area (Å²) in [6, 6.07) is 13.1. The standard InChI is InChI=1S/C21H22O3/c1-14(2)20-12-17(8-11-19(20)13-22)5-4-16-6-9-18(10-7-16)15(3)21(23)24/h6-12,14-15,22H,13H2,1-3H3,(H,23,24). The molecular weight excluding hydrogens is 300 g/mol.